The molecule has 0 aliphatic rings. The number of rotatable bonds is 3. The summed E-state index contributed by atoms with van der Waals surface area (Å²) in [6.07, 6.45) is -0.164. The summed E-state index contributed by atoms with van der Waals surface area (Å²) in [6.45, 7) is 3.85. The molecule has 1 aromatic carbocycles. The molecule has 0 saturated heterocycles. The van der Waals surface area contributed by atoms with Crippen molar-refractivity contribution < 1.29 is 9.53 Å². The molecule has 0 amide bonds. The number of ether oxygens (including phenoxy) is 1. The van der Waals surface area contributed by atoms with Crippen LogP contribution < -0.4 is 11.5 Å². The van der Waals surface area contributed by atoms with E-state index in [1.54, 1.807) is 32.0 Å². The summed E-state index contributed by atoms with van der Waals surface area (Å²) in [5, 5.41) is 0. The summed E-state index contributed by atoms with van der Waals surface area (Å²) < 4.78 is 5.09. The third-order valence-corrected chi connectivity index (χ3v) is 1.95. The first-order valence-corrected chi connectivity index (χ1v) is 4.84. The van der Waals surface area contributed by atoms with E-state index in [1.165, 1.54) is 0 Å². The van der Waals surface area contributed by atoms with E-state index >= 15 is 0 Å². The van der Waals surface area contributed by atoms with Crippen LogP contribution in [0.5, 0.6) is 0 Å². The Labute approximate surface area is 89.2 Å². The highest BCUT2D eigenvalue weighted by atomic mass is 16.5. The van der Waals surface area contributed by atoms with E-state index in [4.69, 9.17) is 16.2 Å². The molecule has 1 rings (SSSR count). The Bertz CT molecular complexity index is 362. The normalized spacial score (nSPS) is 10.4. The molecule has 0 aliphatic heterocycles. The summed E-state index contributed by atoms with van der Waals surface area (Å²) in [5.74, 6) is -0.413. The summed E-state index contributed by atoms with van der Waals surface area (Å²) >= 11 is 0. The predicted octanol–water partition coefficient (Wildman–Crippen LogP) is 1.29. The van der Waals surface area contributed by atoms with Crippen LogP contribution in [0.2, 0.25) is 0 Å². The minimum Gasteiger partial charge on any atom is -0.459 e. The molecule has 4 N–H and O–H groups in total. The zero-order chi connectivity index (χ0) is 11.4. The molecular weight excluding hydrogens is 192 g/mol. The Morgan fingerprint density at radius 1 is 1.47 bits per heavy atom. The largest absolute Gasteiger partial charge is 0.459 e. The minimum absolute atomic E-state index is 0.164. The van der Waals surface area contributed by atoms with Gasteiger partial charge in [-0.3, -0.25) is 0 Å². The molecule has 0 saturated carbocycles. The Morgan fingerprint density at radius 3 is 2.67 bits per heavy atom. The monoisotopic (exact) mass is 208 g/mol. The van der Waals surface area contributed by atoms with Gasteiger partial charge in [0, 0.05) is 12.2 Å². The summed E-state index contributed by atoms with van der Waals surface area (Å²) in [5.41, 5.74) is 12.7. The molecule has 0 spiro atoms. The van der Waals surface area contributed by atoms with Crippen molar-refractivity contribution in [2.45, 2.75) is 26.5 Å². The van der Waals surface area contributed by atoms with Crippen LogP contribution in [-0.4, -0.2) is 12.1 Å². The van der Waals surface area contributed by atoms with Gasteiger partial charge in [-0.05, 0) is 25.5 Å². The lowest BCUT2D eigenvalue weighted by Gasteiger charge is -2.12. The number of hydrogen-bond donors (Lipinski definition) is 2. The van der Waals surface area contributed by atoms with Crippen LogP contribution in [0.1, 0.15) is 29.8 Å². The van der Waals surface area contributed by atoms with Gasteiger partial charge in [0.15, 0.2) is 0 Å². The molecule has 0 aliphatic carbocycles. The third-order valence-electron chi connectivity index (χ3n) is 1.95. The highest BCUT2D eigenvalue weighted by Crippen LogP contribution is 2.18. The minimum atomic E-state index is -0.413. The Kier molecular flexibility index (Phi) is 3.68. The Hall–Kier alpha value is -1.55. The molecule has 0 unspecified atom stereocenters. The van der Waals surface area contributed by atoms with Gasteiger partial charge >= 0.3 is 5.97 Å². The molecule has 0 heterocycles. The fourth-order valence-electron chi connectivity index (χ4n) is 1.31. The standard InChI is InChI=1S/C11H16N2O2/c1-7(2)15-11(14)10-8(6-12)4-3-5-9(10)13/h3-5,7H,6,12-13H2,1-2H3. The van der Waals surface area contributed by atoms with Gasteiger partial charge in [0.25, 0.3) is 0 Å². The van der Waals surface area contributed by atoms with Crippen LogP contribution in [0.3, 0.4) is 0 Å². The highest BCUT2D eigenvalue weighted by Gasteiger charge is 2.16. The number of benzene rings is 1. The van der Waals surface area contributed by atoms with Crippen molar-refractivity contribution in [3.63, 3.8) is 0 Å². The molecule has 0 fully saturated rings. The number of nitrogens with two attached hydrogens (primary N) is 2. The number of hydrogen-bond acceptors (Lipinski definition) is 4. The fraction of sp³-hybridized carbons (Fsp3) is 0.364. The molecule has 0 atom stereocenters. The highest BCUT2D eigenvalue weighted by molar-refractivity contribution is 5.96. The SMILES string of the molecule is CC(C)OC(=O)c1c(N)cccc1CN. The van der Waals surface area contributed by atoms with Gasteiger partial charge in [0.05, 0.1) is 11.7 Å². The van der Waals surface area contributed by atoms with Crippen molar-refractivity contribution >= 4 is 11.7 Å². The average molecular weight is 208 g/mol. The molecule has 0 aromatic heterocycles. The van der Waals surface area contributed by atoms with Crippen molar-refractivity contribution in [3.05, 3.63) is 29.3 Å². The van der Waals surface area contributed by atoms with Crippen molar-refractivity contribution in [2.24, 2.45) is 5.73 Å². The lowest BCUT2D eigenvalue weighted by Crippen LogP contribution is -2.16. The van der Waals surface area contributed by atoms with Gasteiger partial charge < -0.3 is 16.2 Å². The van der Waals surface area contributed by atoms with Crippen molar-refractivity contribution in [1.29, 1.82) is 0 Å². The van der Waals surface area contributed by atoms with Crippen LogP contribution in [0, 0.1) is 0 Å². The molecule has 15 heavy (non-hydrogen) atoms. The van der Waals surface area contributed by atoms with Crippen LogP contribution in [0.25, 0.3) is 0 Å². The van der Waals surface area contributed by atoms with Crippen LogP contribution in [0.15, 0.2) is 18.2 Å². The van der Waals surface area contributed by atoms with Crippen LogP contribution >= 0.6 is 0 Å². The first-order valence-electron chi connectivity index (χ1n) is 4.84. The lowest BCUT2D eigenvalue weighted by atomic mass is 10.1. The Morgan fingerprint density at radius 2 is 2.13 bits per heavy atom. The smallest absolute Gasteiger partial charge is 0.340 e. The molecule has 0 bridgehead atoms. The quantitative estimate of drug-likeness (QED) is 0.579. The number of anilines is 1. The number of nitrogen functional groups attached to an aromatic ring is 1. The summed E-state index contributed by atoms with van der Waals surface area (Å²) in [4.78, 5) is 11.7. The van der Waals surface area contributed by atoms with Crippen molar-refractivity contribution in [2.75, 3.05) is 5.73 Å². The molecule has 82 valence electrons. The predicted molar refractivity (Wildman–Crippen MR) is 59.3 cm³/mol. The first-order chi connectivity index (χ1) is 7.06. The third kappa shape index (κ3) is 2.70. The van der Waals surface area contributed by atoms with Gasteiger partial charge in [-0.1, -0.05) is 12.1 Å². The zero-order valence-corrected chi connectivity index (χ0v) is 8.99. The van der Waals surface area contributed by atoms with E-state index in [9.17, 15) is 4.79 Å². The number of carbonyl (C=O) groups is 1. The summed E-state index contributed by atoms with van der Waals surface area (Å²) in [7, 11) is 0. The molecular formula is C11H16N2O2. The van der Waals surface area contributed by atoms with Gasteiger partial charge in [-0.2, -0.15) is 0 Å². The van der Waals surface area contributed by atoms with Gasteiger partial charge in [-0.15, -0.1) is 0 Å². The lowest BCUT2D eigenvalue weighted by molar-refractivity contribution is 0.0378. The van der Waals surface area contributed by atoms with E-state index in [-0.39, 0.29) is 12.6 Å². The van der Waals surface area contributed by atoms with Gasteiger partial charge in [0.2, 0.25) is 0 Å². The second-order valence-corrected chi connectivity index (χ2v) is 3.54. The zero-order valence-electron chi connectivity index (χ0n) is 8.99. The number of carbonyl (C=O) groups excluding carboxylic acids is 1. The Balaban J connectivity index is 3.06. The van der Waals surface area contributed by atoms with Crippen molar-refractivity contribution in [3.8, 4) is 0 Å². The topological polar surface area (TPSA) is 78.3 Å². The van der Waals surface area contributed by atoms with Crippen LogP contribution in [-0.2, 0) is 11.3 Å². The van der Waals surface area contributed by atoms with E-state index in [0.717, 1.165) is 0 Å². The van der Waals surface area contributed by atoms with E-state index in [0.29, 0.717) is 16.8 Å². The van der Waals surface area contributed by atoms with Crippen LogP contribution in [0.4, 0.5) is 5.69 Å². The molecule has 1 aromatic rings. The maximum absolute atomic E-state index is 11.7. The second kappa shape index (κ2) is 4.79. The molecule has 4 nitrogen and oxygen atoms in total. The van der Waals surface area contributed by atoms with Gasteiger partial charge in [-0.25, -0.2) is 4.79 Å². The van der Waals surface area contributed by atoms with Crippen molar-refractivity contribution in [1.82, 2.24) is 0 Å². The van der Waals surface area contributed by atoms with E-state index < -0.39 is 5.97 Å². The van der Waals surface area contributed by atoms with Gasteiger partial charge in [0.1, 0.15) is 0 Å². The average Bonchev–Trinajstić information content (AvgIpc) is 2.15. The maximum atomic E-state index is 11.7. The molecule has 0 radical (unpaired) electrons. The molecule has 4 heteroatoms. The number of esters is 1. The second-order valence-electron chi connectivity index (χ2n) is 3.54. The van der Waals surface area contributed by atoms with E-state index in [2.05, 4.69) is 0 Å². The summed E-state index contributed by atoms with van der Waals surface area (Å²) in [6, 6.07) is 5.20. The fourth-order valence-corrected chi connectivity index (χ4v) is 1.31. The maximum Gasteiger partial charge on any atom is 0.340 e. The first kappa shape index (κ1) is 11.5. The van der Waals surface area contributed by atoms with E-state index in [1.807, 2.05) is 0 Å².